The minimum Gasteiger partial charge on any atom is -0.493 e. The SMILES string of the molecule is COCCCOc1cccc(C(=O)NCC2(C)CCNCC2)c1. The first-order chi connectivity index (χ1) is 11.1. The predicted octanol–water partition coefficient (Wildman–Crippen LogP) is 2.22. The summed E-state index contributed by atoms with van der Waals surface area (Å²) in [7, 11) is 1.67. The van der Waals surface area contributed by atoms with E-state index in [1.54, 1.807) is 13.2 Å². The van der Waals surface area contributed by atoms with Crippen molar-refractivity contribution in [3.63, 3.8) is 0 Å². The average molecular weight is 320 g/mol. The molecule has 1 aromatic carbocycles. The zero-order chi connectivity index (χ0) is 16.5. The van der Waals surface area contributed by atoms with Crippen molar-refractivity contribution < 1.29 is 14.3 Å². The van der Waals surface area contributed by atoms with Crippen LogP contribution in [0.3, 0.4) is 0 Å². The number of benzene rings is 1. The summed E-state index contributed by atoms with van der Waals surface area (Å²) < 4.78 is 10.6. The van der Waals surface area contributed by atoms with E-state index < -0.39 is 0 Å². The lowest BCUT2D eigenvalue weighted by Crippen LogP contribution is -2.42. The van der Waals surface area contributed by atoms with Crippen molar-refractivity contribution in [3.05, 3.63) is 29.8 Å². The van der Waals surface area contributed by atoms with Gasteiger partial charge in [-0.3, -0.25) is 4.79 Å². The summed E-state index contributed by atoms with van der Waals surface area (Å²) in [6.07, 6.45) is 3.02. The lowest BCUT2D eigenvalue weighted by atomic mass is 9.81. The van der Waals surface area contributed by atoms with Gasteiger partial charge in [0.05, 0.1) is 6.61 Å². The molecule has 0 bridgehead atoms. The van der Waals surface area contributed by atoms with Crippen LogP contribution in [0.4, 0.5) is 0 Å². The van der Waals surface area contributed by atoms with Crippen molar-refractivity contribution >= 4 is 5.91 Å². The summed E-state index contributed by atoms with van der Waals surface area (Å²) in [5.74, 6) is 0.689. The fourth-order valence-corrected chi connectivity index (χ4v) is 2.72. The minimum absolute atomic E-state index is 0.0351. The van der Waals surface area contributed by atoms with Gasteiger partial charge in [0.25, 0.3) is 5.91 Å². The van der Waals surface area contributed by atoms with E-state index in [0.717, 1.165) is 38.1 Å². The fourth-order valence-electron chi connectivity index (χ4n) is 2.72. The molecule has 1 saturated heterocycles. The maximum Gasteiger partial charge on any atom is 0.251 e. The number of piperidine rings is 1. The van der Waals surface area contributed by atoms with E-state index in [0.29, 0.717) is 25.3 Å². The topological polar surface area (TPSA) is 59.6 Å². The van der Waals surface area contributed by atoms with Crippen LogP contribution in [0.15, 0.2) is 24.3 Å². The molecule has 0 saturated carbocycles. The number of amides is 1. The van der Waals surface area contributed by atoms with Crippen molar-refractivity contribution in [3.8, 4) is 5.75 Å². The number of carbonyl (C=O) groups is 1. The third-order valence-electron chi connectivity index (χ3n) is 4.34. The second-order valence-corrected chi connectivity index (χ2v) is 6.47. The maximum atomic E-state index is 12.4. The van der Waals surface area contributed by atoms with Crippen molar-refractivity contribution in [1.82, 2.24) is 10.6 Å². The molecule has 2 rings (SSSR count). The van der Waals surface area contributed by atoms with Crippen LogP contribution in [0.25, 0.3) is 0 Å². The van der Waals surface area contributed by atoms with Gasteiger partial charge < -0.3 is 20.1 Å². The molecule has 0 aromatic heterocycles. The highest BCUT2D eigenvalue weighted by Gasteiger charge is 2.27. The fraction of sp³-hybridized carbons (Fsp3) is 0.611. The van der Waals surface area contributed by atoms with Crippen LogP contribution >= 0.6 is 0 Å². The number of nitrogens with one attached hydrogen (secondary N) is 2. The highest BCUT2D eigenvalue weighted by atomic mass is 16.5. The molecule has 0 spiro atoms. The Morgan fingerprint density at radius 3 is 2.83 bits per heavy atom. The molecule has 1 aliphatic heterocycles. The Labute approximate surface area is 138 Å². The Hall–Kier alpha value is -1.59. The molecule has 1 aliphatic rings. The van der Waals surface area contributed by atoms with Gasteiger partial charge in [-0.25, -0.2) is 0 Å². The highest BCUT2D eigenvalue weighted by Crippen LogP contribution is 2.26. The minimum atomic E-state index is -0.0351. The molecule has 1 amide bonds. The zero-order valence-electron chi connectivity index (χ0n) is 14.2. The third kappa shape index (κ3) is 5.84. The monoisotopic (exact) mass is 320 g/mol. The number of rotatable bonds is 8. The summed E-state index contributed by atoms with van der Waals surface area (Å²) in [5.41, 5.74) is 0.835. The molecule has 23 heavy (non-hydrogen) atoms. The molecule has 5 nitrogen and oxygen atoms in total. The number of methoxy groups -OCH3 is 1. The van der Waals surface area contributed by atoms with Gasteiger partial charge in [-0.1, -0.05) is 13.0 Å². The number of hydrogen-bond donors (Lipinski definition) is 2. The predicted molar refractivity (Wildman–Crippen MR) is 91.0 cm³/mol. The van der Waals surface area contributed by atoms with Gasteiger partial charge in [0.2, 0.25) is 0 Å². The lowest BCUT2D eigenvalue weighted by molar-refractivity contribution is 0.0921. The van der Waals surface area contributed by atoms with Gasteiger partial charge in [-0.15, -0.1) is 0 Å². The molecule has 1 aromatic rings. The zero-order valence-corrected chi connectivity index (χ0v) is 14.2. The molecule has 1 fully saturated rings. The van der Waals surface area contributed by atoms with Crippen LogP contribution in [-0.4, -0.2) is 45.9 Å². The van der Waals surface area contributed by atoms with Crippen molar-refractivity contribution in [2.45, 2.75) is 26.2 Å². The van der Waals surface area contributed by atoms with Gasteiger partial charge in [0.1, 0.15) is 5.75 Å². The molecule has 0 atom stereocenters. The Morgan fingerprint density at radius 2 is 2.09 bits per heavy atom. The second-order valence-electron chi connectivity index (χ2n) is 6.47. The van der Waals surface area contributed by atoms with Gasteiger partial charge in [0, 0.05) is 32.2 Å². The summed E-state index contributed by atoms with van der Waals surface area (Å²) in [6, 6.07) is 7.35. The Balaban J connectivity index is 1.84. The molecular weight excluding hydrogens is 292 g/mol. The molecule has 128 valence electrons. The Bertz CT molecular complexity index is 499. The molecule has 2 N–H and O–H groups in total. The first-order valence-electron chi connectivity index (χ1n) is 8.34. The first-order valence-corrected chi connectivity index (χ1v) is 8.34. The molecule has 5 heteroatoms. The van der Waals surface area contributed by atoms with Gasteiger partial charge >= 0.3 is 0 Å². The van der Waals surface area contributed by atoms with E-state index >= 15 is 0 Å². The average Bonchev–Trinajstić information content (AvgIpc) is 2.58. The van der Waals surface area contributed by atoms with Crippen LogP contribution in [-0.2, 0) is 4.74 Å². The van der Waals surface area contributed by atoms with Crippen molar-refractivity contribution in [2.24, 2.45) is 5.41 Å². The van der Waals surface area contributed by atoms with Gasteiger partial charge in [-0.2, -0.15) is 0 Å². The normalized spacial score (nSPS) is 16.8. The number of hydrogen-bond acceptors (Lipinski definition) is 4. The van der Waals surface area contributed by atoms with E-state index in [2.05, 4.69) is 17.6 Å². The van der Waals surface area contributed by atoms with Crippen LogP contribution in [0.2, 0.25) is 0 Å². The number of carbonyl (C=O) groups excluding carboxylic acids is 1. The quantitative estimate of drug-likeness (QED) is 0.721. The first kappa shape index (κ1) is 17.8. The maximum absolute atomic E-state index is 12.4. The second kappa shape index (κ2) is 8.89. The van der Waals surface area contributed by atoms with E-state index in [-0.39, 0.29) is 11.3 Å². The van der Waals surface area contributed by atoms with E-state index in [1.165, 1.54) is 0 Å². The molecule has 0 radical (unpaired) electrons. The van der Waals surface area contributed by atoms with Crippen molar-refractivity contribution in [2.75, 3.05) is 40.0 Å². The number of ether oxygens (including phenoxy) is 2. The molecule has 1 heterocycles. The van der Waals surface area contributed by atoms with Crippen molar-refractivity contribution in [1.29, 1.82) is 0 Å². The molecule has 0 aliphatic carbocycles. The standard InChI is InChI=1S/C18H28N2O3/c1-18(7-9-19-10-8-18)14-20-17(21)15-5-3-6-16(13-15)23-12-4-11-22-2/h3,5-6,13,19H,4,7-12,14H2,1-2H3,(H,20,21). The molecule has 0 unspecified atom stereocenters. The smallest absolute Gasteiger partial charge is 0.251 e. The van der Waals surface area contributed by atoms with Gasteiger partial charge in [0.15, 0.2) is 0 Å². The summed E-state index contributed by atoms with van der Waals surface area (Å²) >= 11 is 0. The third-order valence-corrected chi connectivity index (χ3v) is 4.34. The van der Waals surface area contributed by atoms with Crippen LogP contribution in [0.1, 0.15) is 36.5 Å². The van der Waals surface area contributed by atoms with Crippen LogP contribution in [0.5, 0.6) is 5.75 Å². The van der Waals surface area contributed by atoms with E-state index in [4.69, 9.17) is 9.47 Å². The van der Waals surface area contributed by atoms with E-state index in [1.807, 2.05) is 18.2 Å². The molecular formula is C18H28N2O3. The summed E-state index contributed by atoms with van der Waals surface area (Å²) in [5, 5.41) is 6.43. The Morgan fingerprint density at radius 1 is 1.30 bits per heavy atom. The highest BCUT2D eigenvalue weighted by molar-refractivity contribution is 5.94. The lowest BCUT2D eigenvalue weighted by Gasteiger charge is -2.34. The summed E-state index contributed by atoms with van der Waals surface area (Å²) in [6.45, 7) is 6.27. The summed E-state index contributed by atoms with van der Waals surface area (Å²) in [4.78, 5) is 12.4. The Kier molecular flexibility index (Phi) is 6.86. The van der Waals surface area contributed by atoms with E-state index in [9.17, 15) is 4.79 Å². The van der Waals surface area contributed by atoms with Crippen LogP contribution < -0.4 is 15.4 Å². The largest absolute Gasteiger partial charge is 0.493 e. The van der Waals surface area contributed by atoms with Gasteiger partial charge in [-0.05, 0) is 49.5 Å². The van der Waals surface area contributed by atoms with Crippen LogP contribution in [0, 0.1) is 5.41 Å².